The van der Waals surface area contributed by atoms with Crippen LogP contribution in [-0.4, -0.2) is 42.8 Å². The van der Waals surface area contributed by atoms with Gasteiger partial charge in [0.15, 0.2) is 0 Å². The number of nitrogens with zero attached hydrogens (tertiary/aromatic N) is 1. The standard InChI is InChI=1S/C36H37N5O9S/c1-25-11-8-9-12-26(25)16-21-34(42)38-27-17-19-30(33(23-27)50-28-13-5-4-6-14-28)36(44)40-51(48,49)29-18-20-31(32(24-29)41(46)47)37-22-10-3-2-7-15-35(43)39-45/h4-6,8-9,11-14,16-21,23-24,37,45H,2-3,7,10,15,22H2,1H3,(H,38,42)(H,39,43)(H,40,44)/b21-16+. The van der Waals surface area contributed by atoms with Crippen LogP contribution in [0.3, 0.4) is 0 Å². The van der Waals surface area contributed by atoms with Gasteiger partial charge < -0.3 is 15.4 Å². The maximum absolute atomic E-state index is 13.4. The molecule has 4 aromatic carbocycles. The quantitative estimate of drug-likeness (QED) is 0.0270. The molecule has 0 bridgehead atoms. The number of rotatable bonds is 17. The fraction of sp³-hybridized carbons (Fsp3) is 0.194. The Hall–Kier alpha value is -6.06. The summed E-state index contributed by atoms with van der Waals surface area (Å²) in [7, 11) is -4.60. The number of hydrogen-bond acceptors (Lipinski definition) is 10. The van der Waals surface area contributed by atoms with E-state index in [1.165, 1.54) is 30.3 Å². The van der Waals surface area contributed by atoms with Crippen LogP contribution in [0.5, 0.6) is 11.5 Å². The Labute approximate surface area is 294 Å². The molecule has 5 N–H and O–H groups in total. The average molecular weight is 716 g/mol. The average Bonchev–Trinajstić information content (AvgIpc) is 3.11. The van der Waals surface area contributed by atoms with Gasteiger partial charge in [-0.15, -0.1) is 0 Å². The normalized spacial score (nSPS) is 11.1. The molecule has 15 heteroatoms. The second-order valence-electron chi connectivity index (χ2n) is 11.3. The summed E-state index contributed by atoms with van der Waals surface area (Å²) in [6.07, 6.45) is 5.81. The number of amides is 3. The second kappa shape index (κ2) is 18.1. The van der Waals surface area contributed by atoms with Crippen molar-refractivity contribution in [2.45, 2.75) is 43.9 Å². The van der Waals surface area contributed by atoms with Crippen molar-refractivity contribution >= 4 is 50.9 Å². The first kappa shape index (κ1) is 37.8. The lowest BCUT2D eigenvalue weighted by Crippen LogP contribution is -2.31. The molecule has 0 radical (unpaired) electrons. The summed E-state index contributed by atoms with van der Waals surface area (Å²) >= 11 is 0. The minimum absolute atomic E-state index is 0.0585. The third-order valence-corrected chi connectivity index (χ3v) is 8.87. The van der Waals surface area contributed by atoms with Gasteiger partial charge in [0.25, 0.3) is 21.6 Å². The highest BCUT2D eigenvalue weighted by molar-refractivity contribution is 7.90. The first-order chi connectivity index (χ1) is 24.5. The predicted octanol–water partition coefficient (Wildman–Crippen LogP) is 6.33. The molecule has 4 aromatic rings. The highest BCUT2D eigenvalue weighted by Gasteiger charge is 2.25. The van der Waals surface area contributed by atoms with E-state index >= 15 is 0 Å². The van der Waals surface area contributed by atoms with E-state index < -0.39 is 43.3 Å². The molecule has 0 spiro atoms. The van der Waals surface area contributed by atoms with Gasteiger partial charge in [-0.2, -0.15) is 0 Å². The largest absolute Gasteiger partial charge is 0.456 e. The SMILES string of the molecule is Cc1ccccc1/C=C/C(=O)Nc1ccc(C(=O)NS(=O)(=O)c2ccc(NCCCCCCC(=O)NO)c([N+](=O)[O-])c2)c(Oc2ccccc2)c1. The molecular formula is C36H37N5O9S. The number of aryl methyl sites for hydroxylation is 1. The first-order valence-electron chi connectivity index (χ1n) is 15.9. The molecule has 0 fully saturated rings. The van der Waals surface area contributed by atoms with Crippen molar-refractivity contribution in [2.24, 2.45) is 0 Å². The van der Waals surface area contributed by atoms with Gasteiger partial charge in [-0.3, -0.25) is 29.7 Å². The smallest absolute Gasteiger partial charge is 0.293 e. The Morgan fingerprint density at radius 2 is 1.63 bits per heavy atom. The van der Waals surface area contributed by atoms with Crippen molar-refractivity contribution in [3.05, 3.63) is 124 Å². The third-order valence-electron chi connectivity index (χ3n) is 7.54. The van der Waals surface area contributed by atoms with Crippen LogP contribution in [0.25, 0.3) is 6.08 Å². The highest BCUT2D eigenvalue weighted by atomic mass is 32.2. The summed E-state index contributed by atoms with van der Waals surface area (Å²) in [5.74, 6) is -1.72. The van der Waals surface area contributed by atoms with Crippen molar-refractivity contribution in [3.8, 4) is 11.5 Å². The molecule has 0 aliphatic rings. The van der Waals surface area contributed by atoms with E-state index in [0.717, 1.165) is 23.3 Å². The van der Waals surface area contributed by atoms with E-state index in [1.54, 1.807) is 41.9 Å². The maximum atomic E-state index is 13.4. The van der Waals surface area contributed by atoms with E-state index in [9.17, 15) is 32.9 Å². The number of nitro benzene ring substituents is 1. The van der Waals surface area contributed by atoms with Crippen LogP contribution < -0.4 is 25.6 Å². The zero-order chi connectivity index (χ0) is 36.8. The molecule has 0 unspecified atom stereocenters. The number of benzene rings is 4. The number of nitro groups is 1. The second-order valence-corrected chi connectivity index (χ2v) is 13.0. The highest BCUT2D eigenvalue weighted by Crippen LogP contribution is 2.31. The van der Waals surface area contributed by atoms with Crippen LogP contribution >= 0.6 is 0 Å². The van der Waals surface area contributed by atoms with E-state index in [0.29, 0.717) is 38.0 Å². The number of nitrogens with one attached hydrogen (secondary N) is 4. The van der Waals surface area contributed by atoms with Crippen LogP contribution in [0.1, 0.15) is 53.6 Å². The summed E-state index contributed by atoms with van der Waals surface area (Å²) in [6, 6.07) is 23.3. The molecular weight excluding hydrogens is 678 g/mol. The minimum Gasteiger partial charge on any atom is -0.456 e. The van der Waals surface area contributed by atoms with Gasteiger partial charge >= 0.3 is 0 Å². The van der Waals surface area contributed by atoms with Crippen LogP contribution in [0.15, 0.2) is 102 Å². The lowest BCUT2D eigenvalue weighted by Gasteiger charge is -2.14. The van der Waals surface area contributed by atoms with Gasteiger partial charge in [-0.25, -0.2) is 18.6 Å². The van der Waals surface area contributed by atoms with Crippen molar-refractivity contribution in [3.63, 3.8) is 0 Å². The molecule has 0 heterocycles. The summed E-state index contributed by atoms with van der Waals surface area (Å²) in [6.45, 7) is 2.26. The number of carbonyl (C=O) groups is 3. The van der Waals surface area contributed by atoms with Gasteiger partial charge in [-0.1, -0.05) is 55.3 Å². The van der Waals surface area contributed by atoms with Crippen molar-refractivity contribution in [1.82, 2.24) is 10.2 Å². The number of unbranched alkanes of at least 4 members (excludes halogenated alkanes) is 3. The Balaban J connectivity index is 1.48. The fourth-order valence-corrected chi connectivity index (χ4v) is 5.85. The monoisotopic (exact) mass is 715 g/mol. The van der Waals surface area contributed by atoms with E-state index in [4.69, 9.17) is 9.94 Å². The number of ether oxygens (including phenoxy) is 1. The van der Waals surface area contributed by atoms with Crippen LogP contribution in [0.2, 0.25) is 0 Å². The molecule has 51 heavy (non-hydrogen) atoms. The fourth-order valence-electron chi connectivity index (χ4n) is 4.87. The third kappa shape index (κ3) is 11.2. The predicted molar refractivity (Wildman–Crippen MR) is 191 cm³/mol. The van der Waals surface area contributed by atoms with Gasteiger partial charge in [0, 0.05) is 36.9 Å². The molecule has 0 saturated heterocycles. The number of sulfonamides is 1. The van der Waals surface area contributed by atoms with Gasteiger partial charge in [-0.05, 0) is 73.4 Å². The Morgan fingerprint density at radius 3 is 2.35 bits per heavy atom. The molecule has 266 valence electrons. The lowest BCUT2D eigenvalue weighted by molar-refractivity contribution is -0.384. The molecule has 0 aliphatic heterocycles. The van der Waals surface area contributed by atoms with Crippen LogP contribution in [-0.2, 0) is 19.6 Å². The number of hydroxylamine groups is 1. The van der Waals surface area contributed by atoms with Crippen LogP contribution in [0.4, 0.5) is 17.1 Å². The van der Waals surface area contributed by atoms with Crippen molar-refractivity contribution in [2.75, 3.05) is 17.2 Å². The van der Waals surface area contributed by atoms with Gasteiger partial charge in [0.1, 0.15) is 17.2 Å². The molecule has 14 nitrogen and oxygen atoms in total. The zero-order valence-electron chi connectivity index (χ0n) is 27.6. The molecule has 3 amide bonds. The molecule has 0 aromatic heterocycles. The van der Waals surface area contributed by atoms with Gasteiger partial charge in [0.2, 0.25) is 11.8 Å². The van der Waals surface area contributed by atoms with Crippen molar-refractivity contribution in [1.29, 1.82) is 0 Å². The summed E-state index contributed by atoms with van der Waals surface area (Å²) < 4.78 is 34.5. The molecule has 0 aliphatic carbocycles. The lowest BCUT2D eigenvalue weighted by atomic mass is 10.1. The Kier molecular flexibility index (Phi) is 13.4. The summed E-state index contributed by atoms with van der Waals surface area (Å²) in [5, 5.41) is 26.0. The topological polar surface area (TPSA) is 206 Å². The molecule has 0 saturated carbocycles. The van der Waals surface area contributed by atoms with Gasteiger partial charge in [0.05, 0.1) is 15.4 Å². The number of para-hydroxylation sites is 1. The van der Waals surface area contributed by atoms with E-state index in [1.807, 2.05) is 35.9 Å². The number of hydrogen-bond donors (Lipinski definition) is 5. The molecule has 4 rings (SSSR count). The molecule has 0 atom stereocenters. The minimum atomic E-state index is -4.60. The van der Waals surface area contributed by atoms with Crippen molar-refractivity contribution < 1.29 is 37.7 Å². The van der Waals surface area contributed by atoms with E-state index in [-0.39, 0.29) is 29.1 Å². The summed E-state index contributed by atoms with van der Waals surface area (Å²) in [4.78, 5) is 47.8. The summed E-state index contributed by atoms with van der Waals surface area (Å²) in [5.41, 5.74) is 3.09. The number of carbonyl (C=O) groups excluding carboxylic acids is 3. The Bertz CT molecular complexity index is 2020. The maximum Gasteiger partial charge on any atom is 0.293 e. The first-order valence-corrected chi connectivity index (χ1v) is 17.4. The zero-order valence-corrected chi connectivity index (χ0v) is 28.4. The number of anilines is 2. The Morgan fingerprint density at radius 1 is 0.902 bits per heavy atom. The van der Waals surface area contributed by atoms with Crippen LogP contribution in [0, 0.1) is 17.0 Å². The van der Waals surface area contributed by atoms with E-state index in [2.05, 4.69) is 10.6 Å².